The zero-order valence-corrected chi connectivity index (χ0v) is 9.24. The van der Waals surface area contributed by atoms with Crippen molar-refractivity contribution in [1.82, 2.24) is 15.0 Å². The third-order valence-corrected chi connectivity index (χ3v) is 3.66. The van der Waals surface area contributed by atoms with Gasteiger partial charge in [-0.05, 0) is 12.8 Å². The Hall–Kier alpha value is -1.74. The van der Waals surface area contributed by atoms with E-state index in [1.54, 1.807) is 6.20 Å². The summed E-state index contributed by atoms with van der Waals surface area (Å²) in [6, 6.07) is 2.26. The molecule has 80 valence electrons. The maximum atomic E-state index is 8.72. The molecule has 0 bridgehead atoms. The fourth-order valence-corrected chi connectivity index (χ4v) is 2.58. The molecule has 2 aromatic heterocycles. The van der Waals surface area contributed by atoms with Crippen molar-refractivity contribution in [2.24, 2.45) is 5.92 Å². The van der Waals surface area contributed by atoms with E-state index in [0.29, 0.717) is 16.7 Å². The van der Waals surface area contributed by atoms with Gasteiger partial charge in [-0.15, -0.1) is 0 Å². The first kappa shape index (κ1) is 9.48. The summed E-state index contributed by atoms with van der Waals surface area (Å²) in [6.07, 6.45) is 3.54. The van der Waals surface area contributed by atoms with Crippen molar-refractivity contribution >= 4 is 26.9 Å². The summed E-state index contributed by atoms with van der Waals surface area (Å²) in [4.78, 5) is 13.6. The number of nitriles is 1. The van der Waals surface area contributed by atoms with Crippen molar-refractivity contribution < 1.29 is 0 Å². The second-order valence-electron chi connectivity index (χ2n) is 3.97. The number of anilines is 1. The molecule has 16 heavy (non-hydrogen) atoms. The predicted octanol–water partition coefficient (Wildman–Crippen LogP) is 1.69. The quantitative estimate of drug-likeness (QED) is 0.806. The van der Waals surface area contributed by atoms with Gasteiger partial charge in [0.25, 0.3) is 0 Å². The van der Waals surface area contributed by atoms with Crippen molar-refractivity contribution in [3.63, 3.8) is 0 Å². The fraction of sp³-hybridized carbons (Fsp3) is 0.400. The van der Waals surface area contributed by atoms with Gasteiger partial charge in [-0.2, -0.15) is 10.2 Å². The average molecular weight is 231 g/mol. The Labute approximate surface area is 96.0 Å². The molecule has 6 heteroatoms. The van der Waals surface area contributed by atoms with Crippen LogP contribution in [-0.2, 0) is 0 Å². The highest BCUT2D eigenvalue weighted by atomic mass is 32.1. The highest BCUT2D eigenvalue weighted by molar-refractivity contribution is 7.21. The van der Waals surface area contributed by atoms with Crippen molar-refractivity contribution in [2.45, 2.75) is 18.8 Å². The lowest BCUT2D eigenvalue weighted by Gasteiger charge is -2.29. The van der Waals surface area contributed by atoms with Gasteiger partial charge in [-0.3, -0.25) is 0 Å². The van der Waals surface area contributed by atoms with Gasteiger partial charge in [-0.25, -0.2) is 9.97 Å². The van der Waals surface area contributed by atoms with E-state index in [1.165, 1.54) is 11.3 Å². The Kier molecular flexibility index (Phi) is 2.01. The molecule has 0 spiro atoms. The molecule has 0 radical (unpaired) electrons. The summed E-state index contributed by atoms with van der Waals surface area (Å²) in [6.45, 7) is 0. The fourth-order valence-electron chi connectivity index (χ4n) is 1.91. The Morgan fingerprint density at radius 2 is 2.25 bits per heavy atom. The number of nitrogens with two attached hydrogens (primary N) is 1. The number of rotatable bonds is 1. The third kappa shape index (κ3) is 1.41. The molecule has 0 amide bonds. The normalized spacial score (nSPS) is 23.9. The van der Waals surface area contributed by atoms with Crippen LogP contribution in [0.2, 0.25) is 0 Å². The van der Waals surface area contributed by atoms with E-state index in [9.17, 15) is 0 Å². The minimum Gasteiger partial charge on any atom is -0.375 e. The van der Waals surface area contributed by atoms with Crippen LogP contribution in [0.15, 0.2) is 6.20 Å². The Morgan fingerprint density at radius 1 is 1.44 bits per heavy atom. The smallest absolute Gasteiger partial charge is 0.191 e. The zero-order valence-electron chi connectivity index (χ0n) is 8.42. The first-order valence-electron chi connectivity index (χ1n) is 5.05. The van der Waals surface area contributed by atoms with E-state index in [1.807, 2.05) is 0 Å². The van der Waals surface area contributed by atoms with Gasteiger partial charge < -0.3 is 5.73 Å². The van der Waals surface area contributed by atoms with E-state index in [2.05, 4.69) is 21.0 Å². The lowest BCUT2D eigenvalue weighted by molar-refractivity contribution is 0.325. The Balaban J connectivity index is 1.91. The third-order valence-electron chi connectivity index (χ3n) is 2.90. The SMILES string of the molecule is N#CC1CC(c2cnc3nc(N)sc3n2)C1. The number of aromatic nitrogens is 3. The highest BCUT2D eigenvalue weighted by Gasteiger charge is 2.31. The van der Waals surface area contributed by atoms with Crippen molar-refractivity contribution in [3.8, 4) is 6.07 Å². The van der Waals surface area contributed by atoms with E-state index >= 15 is 0 Å². The molecule has 0 aromatic carbocycles. The highest BCUT2D eigenvalue weighted by Crippen LogP contribution is 2.40. The van der Waals surface area contributed by atoms with Crippen molar-refractivity contribution in [3.05, 3.63) is 11.9 Å². The summed E-state index contributed by atoms with van der Waals surface area (Å²) in [7, 11) is 0. The van der Waals surface area contributed by atoms with Gasteiger partial charge >= 0.3 is 0 Å². The van der Waals surface area contributed by atoms with Crippen LogP contribution in [0.25, 0.3) is 10.5 Å². The molecule has 0 atom stereocenters. The minimum absolute atomic E-state index is 0.189. The molecule has 3 rings (SSSR count). The van der Waals surface area contributed by atoms with Crippen molar-refractivity contribution in [2.75, 3.05) is 5.73 Å². The Morgan fingerprint density at radius 3 is 3.00 bits per heavy atom. The molecule has 1 saturated carbocycles. The monoisotopic (exact) mass is 231 g/mol. The van der Waals surface area contributed by atoms with E-state index in [4.69, 9.17) is 11.0 Å². The number of thiazole rings is 1. The second kappa shape index (κ2) is 3.39. The van der Waals surface area contributed by atoms with Crippen molar-refractivity contribution in [1.29, 1.82) is 5.26 Å². The lowest BCUT2D eigenvalue weighted by Crippen LogP contribution is -2.21. The maximum absolute atomic E-state index is 8.72. The molecule has 5 nitrogen and oxygen atoms in total. The van der Waals surface area contributed by atoms with Crippen LogP contribution in [0, 0.1) is 17.2 Å². The number of hydrogen-bond acceptors (Lipinski definition) is 6. The molecule has 0 aliphatic heterocycles. The van der Waals surface area contributed by atoms with Gasteiger partial charge in [0.15, 0.2) is 15.6 Å². The average Bonchev–Trinajstić information content (AvgIpc) is 2.55. The minimum atomic E-state index is 0.189. The molecule has 1 aliphatic rings. The summed E-state index contributed by atoms with van der Waals surface area (Å²) >= 11 is 1.35. The van der Waals surface area contributed by atoms with Gasteiger partial charge in [0.2, 0.25) is 0 Å². The predicted molar refractivity (Wildman–Crippen MR) is 60.7 cm³/mol. The van der Waals surface area contributed by atoms with Crippen LogP contribution in [0.5, 0.6) is 0 Å². The summed E-state index contributed by atoms with van der Waals surface area (Å²) < 4.78 is 0. The first-order chi connectivity index (χ1) is 7.76. The largest absolute Gasteiger partial charge is 0.375 e. The first-order valence-corrected chi connectivity index (χ1v) is 5.86. The van der Waals surface area contributed by atoms with Gasteiger partial charge in [0.1, 0.15) is 0 Å². The number of nitrogen functional groups attached to an aromatic ring is 1. The van der Waals surface area contributed by atoms with Gasteiger partial charge in [0, 0.05) is 11.8 Å². The number of hydrogen-bond donors (Lipinski definition) is 1. The summed E-state index contributed by atoms with van der Waals surface area (Å²) in [5, 5.41) is 9.21. The molecule has 0 saturated heterocycles. The van der Waals surface area contributed by atoms with E-state index in [0.717, 1.165) is 23.4 Å². The summed E-state index contributed by atoms with van der Waals surface area (Å²) in [5.41, 5.74) is 7.17. The van der Waals surface area contributed by atoms with E-state index in [-0.39, 0.29) is 5.92 Å². The lowest BCUT2D eigenvalue weighted by atomic mass is 9.74. The zero-order chi connectivity index (χ0) is 11.1. The maximum Gasteiger partial charge on any atom is 0.191 e. The molecule has 2 N–H and O–H groups in total. The van der Waals surface area contributed by atoms with Gasteiger partial charge in [-0.1, -0.05) is 11.3 Å². The molecule has 2 aromatic rings. The van der Waals surface area contributed by atoms with Crippen LogP contribution in [0.4, 0.5) is 5.13 Å². The molecule has 1 aliphatic carbocycles. The van der Waals surface area contributed by atoms with Crippen LogP contribution in [-0.4, -0.2) is 15.0 Å². The molecular formula is C10H9N5S. The van der Waals surface area contributed by atoms with Crippen LogP contribution in [0.3, 0.4) is 0 Å². The molecule has 0 unspecified atom stereocenters. The number of nitrogens with zero attached hydrogens (tertiary/aromatic N) is 4. The van der Waals surface area contributed by atoms with Gasteiger partial charge in [0.05, 0.1) is 18.0 Å². The molecular weight excluding hydrogens is 222 g/mol. The van der Waals surface area contributed by atoms with Crippen LogP contribution < -0.4 is 5.73 Å². The van der Waals surface area contributed by atoms with E-state index < -0.39 is 0 Å². The second-order valence-corrected chi connectivity index (χ2v) is 4.98. The molecule has 1 fully saturated rings. The molecule has 2 heterocycles. The Bertz CT molecular complexity index is 578. The topological polar surface area (TPSA) is 88.5 Å². The van der Waals surface area contributed by atoms with Crippen LogP contribution in [0.1, 0.15) is 24.5 Å². The van der Waals surface area contributed by atoms with Crippen LogP contribution >= 0.6 is 11.3 Å². The number of fused-ring (bicyclic) bond motifs is 1. The standard InChI is InChI=1S/C10H9N5S/c11-3-5-1-6(2-5)7-4-13-8-9(14-7)16-10(12)15-8/h4-6H,1-2H2,(H2,12,13,15). The summed E-state index contributed by atoms with van der Waals surface area (Å²) in [5.74, 6) is 0.568.